The molecule has 0 saturated carbocycles. The van der Waals surface area contributed by atoms with Crippen molar-refractivity contribution in [1.82, 2.24) is 0 Å². The quantitative estimate of drug-likeness (QED) is 0.460. The average Bonchev–Trinajstić information content (AvgIpc) is 2.60. The van der Waals surface area contributed by atoms with Gasteiger partial charge in [-0.15, -0.1) is 0 Å². The van der Waals surface area contributed by atoms with E-state index < -0.39 is 54.7 Å². The minimum Gasteiger partial charge on any atom is -0.462 e. The van der Waals surface area contributed by atoms with Crippen LogP contribution in [0, 0.1) is 6.92 Å². The number of carbonyl (C=O) groups excluding carboxylic acids is 5. The smallest absolute Gasteiger partial charge is 0.303 e. The molecule has 1 aromatic rings. The number of hydrogen-bond acceptors (Lipinski definition) is 9. The van der Waals surface area contributed by atoms with Gasteiger partial charge in [-0.3, -0.25) is 24.0 Å². The molecule has 0 fully saturated rings. The normalized spacial score (nSPS) is 13.2. The van der Waals surface area contributed by atoms with Gasteiger partial charge in [0.25, 0.3) is 5.91 Å². The molecule has 0 unspecified atom stereocenters. The van der Waals surface area contributed by atoms with Crippen LogP contribution < -0.4 is 5.32 Å². The van der Waals surface area contributed by atoms with Gasteiger partial charge in [-0.2, -0.15) is 0 Å². The second kappa shape index (κ2) is 11.5. The molecule has 1 amide bonds. The number of ether oxygens (including phenoxy) is 4. The molecule has 10 heteroatoms. The molecule has 0 bridgehead atoms. The number of amides is 1. The summed E-state index contributed by atoms with van der Waals surface area (Å²) in [4.78, 5) is 58.9. The van der Waals surface area contributed by atoms with Crippen molar-refractivity contribution >= 4 is 35.5 Å². The number of esters is 4. The Morgan fingerprint density at radius 2 is 1.47 bits per heavy atom. The number of benzene rings is 1. The van der Waals surface area contributed by atoms with E-state index >= 15 is 0 Å². The van der Waals surface area contributed by atoms with Crippen molar-refractivity contribution in [3.8, 4) is 0 Å². The predicted octanol–water partition coefficient (Wildman–Crippen LogP) is 1.29. The van der Waals surface area contributed by atoms with Crippen LogP contribution >= 0.6 is 0 Å². The van der Waals surface area contributed by atoms with Crippen LogP contribution in [-0.4, -0.2) is 54.7 Å². The monoisotopic (exact) mass is 423 g/mol. The third kappa shape index (κ3) is 8.72. The van der Waals surface area contributed by atoms with Crippen LogP contribution in [0.25, 0.3) is 0 Å². The number of hydrogen-bond donors (Lipinski definition) is 1. The van der Waals surface area contributed by atoms with Crippen molar-refractivity contribution in [2.45, 2.75) is 52.9 Å². The fourth-order valence-corrected chi connectivity index (χ4v) is 2.52. The zero-order chi connectivity index (χ0) is 22.8. The highest BCUT2D eigenvalue weighted by Gasteiger charge is 2.42. The van der Waals surface area contributed by atoms with E-state index in [2.05, 4.69) is 5.32 Å². The fraction of sp³-hybridized carbons (Fsp3) is 0.450. The molecule has 0 heterocycles. The van der Waals surface area contributed by atoms with Gasteiger partial charge < -0.3 is 24.3 Å². The van der Waals surface area contributed by atoms with E-state index in [-0.39, 0.29) is 0 Å². The molecule has 1 aromatic carbocycles. The number of anilines is 1. The SMILES string of the molecule is CC(=O)OC[C@H](OC(C)=O)[C@@H](OC(C)=O)[C@@H](OC(C)=O)C(=O)Nc1cccc(C)c1. The first-order chi connectivity index (χ1) is 14.0. The van der Waals surface area contributed by atoms with Crippen LogP contribution in [0.5, 0.6) is 0 Å². The Labute approximate surface area is 173 Å². The number of aryl methyl sites for hydroxylation is 1. The van der Waals surface area contributed by atoms with E-state index in [0.717, 1.165) is 33.3 Å². The zero-order valence-electron chi connectivity index (χ0n) is 17.4. The summed E-state index contributed by atoms with van der Waals surface area (Å²) in [5, 5.41) is 2.56. The second-order valence-corrected chi connectivity index (χ2v) is 6.41. The fourth-order valence-electron chi connectivity index (χ4n) is 2.52. The third-order valence-electron chi connectivity index (χ3n) is 3.57. The topological polar surface area (TPSA) is 134 Å². The first-order valence-electron chi connectivity index (χ1n) is 9.02. The number of rotatable bonds is 9. The van der Waals surface area contributed by atoms with Gasteiger partial charge in [-0.25, -0.2) is 0 Å². The molecule has 30 heavy (non-hydrogen) atoms. The van der Waals surface area contributed by atoms with Crippen LogP contribution in [0.3, 0.4) is 0 Å². The summed E-state index contributed by atoms with van der Waals surface area (Å²) >= 11 is 0. The third-order valence-corrected chi connectivity index (χ3v) is 3.57. The molecular formula is C20H25NO9. The molecule has 164 valence electrons. The standard InChI is InChI=1S/C20H25NO9/c1-11-7-6-8-16(9-11)21-20(26)19(30-15(5)25)18(29-14(4)24)17(28-13(3)23)10-27-12(2)22/h6-9,17-19H,10H2,1-5H3,(H,21,26)/t17-,18+,19+/m0/s1. The Bertz CT molecular complexity index is 805. The van der Waals surface area contributed by atoms with E-state index in [1.807, 2.05) is 13.0 Å². The van der Waals surface area contributed by atoms with Gasteiger partial charge >= 0.3 is 23.9 Å². The van der Waals surface area contributed by atoms with Crippen LogP contribution in [0.4, 0.5) is 5.69 Å². The lowest BCUT2D eigenvalue weighted by Gasteiger charge is -2.30. The van der Waals surface area contributed by atoms with E-state index in [4.69, 9.17) is 18.9 Å². The lowest BCUT2D eigenvalue weighted by Crippen LogP contribution is -2.52. The van der Waals surface area contributed by atoms with Crippen molar-refractivity contribution in [3.63, 3.8) is 0 Å². The first kappa shape index (κ1) is 24.6. The maximum absolute atomic E-state index is 12.9. The molecule has 0 aromatic heterocycles. The van der Waals surface area contributed by atoms with Gasteiger partial charge in [0.05, 0.1) is 0 Å². The maximum Gasteiger partial charge on any atom is 0.303 e. The molecule has 0 aliphatic rings. The van der Waals surface area contributed by atoms with E-state index in [1.165, 1.54) is 0 Å². The molecule has 0 spiro atoms. The Morgan fingerprint density at radius 1 is 0.867 bits per heavy atom. The Kier molecular flexibility index (Phi) is 9.47. The van der Waals surface area contributed by atoms with Gasteiger partial charge in [0, 0.05) is 33.4 Å². The van der Waals surface area contributed by atoms with Gasteiger partial charge in [0.2, 0.25) is 6.10 Å². The molecule has 1 N–H and O–H groups in total. The van der Waals surface area contributed by atoms with Crippen molar-refractivity contribution in [1.29, 1.82) is 0 Å². The highest BCUT2D eigenvalue weighted by atomic mass is 16.6. The highest BCUT2D eigenvalue weighted by molar-refractivity contribution is 5.96. The predicted molar refractivity (Wildman–Crippen MR) is 103 cm³/mol. The molecule has 0 radical (unpaired) electrons. The maximum atomic E-state index is 12.9. The van der Waals surface area contributed by atoms with E-state index in [0.29, 0.717) is 5.69 Å². The molecule has 1 rings (SSSR count). The van der Waals surface area contributed by atoms with Gasteiger partial charge in [0.15, 0.2) is 12.2 Å². The van der Waals surface area contributed by atoms with Crippen molar-refractivity contribution in [2.75, 3.05) is 11.9 Å². The molecule has 0 aliphatic carbocycles. The van der Waals surface area contributed by atoms with Crippen molar-refractivity contribution in [2.24, 2.45) is 0 Å². The second-order valence-electron chi connectivity index (χ2n) is 6.41. The average molecular weight is 423 g/mol. The highest BCUT2D eigenvalue weighted by Crippen LogP contribution is 2.18. The van der Waals surface area contributed by atoms with Crippen molar-refractivity contribution < 1.29 is 42.9 Å². The van der Waals surface area contributed by atoms with Gasteiger partial charge in [-0.05, 0) is 24.6 Å². The molecule has 10 nitrogen and oxygen atoms in total. The van der Waals surface area contributed by atoms with E-state index in [9.17, 15) is 24.0 Å². The van der Waals surface area contributed by atoms with Crippen LogP contribution in [0.1, 0.15) is 33.3 Å². The zero-order valence-corrected chi connectivity index (χ0v) is 17.4. The summed E-state index contributed by atoms with van der Waals surface area (Å²) in [6.45, 7) is 5.62. The van der Waals surface area contributed by atoms with Crippen LogP contribution in [0.15, 0.2) is 24.3 Å². The molecular weight excluding hydrogens is 398 g/mol. The summed E-state index contributed by atoms with van der Waals surface area (Å²) in [5.74, 6) is -3.99. The first-order valence-corrected chi connectivity index (χ1v) is 9.02. The van der Waals surface area contributed by atoms with Crippen molar-refractivity contribution in [3.05, 3.63) is 29.8 Å². The minimum atomic E-state index is -1.69. The van der Waals surface area contributed by atoms with Crippen LogP contribution in [-0.2, 0) is 42.9 Å². The summed E-state index contributed by atoms with van der Waals surface area (Å²) in [6.07, 6.45) is -4.66. The molecule has 0 saturated heterocycles. The van der Waals surface area contributed by atoms with Crippen LogP contribution in [0.2, 0.25) is 0 Å². The molecule has 0 aliphatic heterocycles. The van der Waals surface area contributed by atoms with Gasteiger partial charge in [0.1, 0.15) is 6.61 Å². The largest absolute Gasteiger partial charge is 0.462 e. The summed E-state index contributed by atoms with van der Waals surface area (Å²) < 4.78 is 20.2. The lowest BCUT2D eigenvalue weighted by molar-refractivity contribution is -0.190. The van der Waals surface area contributed by atoms with E-state index in [1.54, 1.807) is 18.2 Å². The van der Waals surface area contributed by atoms with Gasteiger partial charge in [-0.1, -0.05) is 12.1 Å². The summed E-state index contributed by atoms with van der Waals surface area (Å²) in [7, 11) is 0. The number of nitrogens with one attached hydrogen (secondary N) is 1. The Hall–Kier alpha value is -3.43. The summed E-state index contributed by atoms with van der Waals surface area (Å²) in [6, 6.07) is 6.80. The summed E-state index contributed by atoms with van der Waals surface area (Å²) in [5.41, 5.74) is 1.27. The Morgan fingerprint density at radius 3 is 1.97 bits per heavy atom. The molecule has 3 atom stereocenters. The lowest BCUT2D eigenvalue weighted by atomic mass is 10.1. The number of carbonyl (C=O) groups is 5. The minimum absolute atomic E-state index is 0.405. The Balaban J connectivity index is 3.27.